The van der Waals surface area contributed by atoms with Crippen molar-refractivity contribution in [1.29, 1.82) is 0 Å². The van der Waals surface area contributed by atoms with Crippen molar-refractivity contribution >= 4 is 6.03 Å². The van der Waals surface area contributed by atoms with Gasteiger partial charge in [0.1, 0.15) is 0 Å². The number of hydrogen-bond donors (Lipinski definition) is 1. The lowest BCUT2D eigenvalue weighted by Crippen LogP contribution is -2.38. The first-order valence-electron chi connectivity index (χ1n) is 4.32. The summed E-state index contributed by atoms with van der Waals surface area (Å²) in [7, 11) is 4.19. The van der Waals surface area contributed by atoms with Gasteiger partial charge in [-0.15, -0.1) is 0 Å². The first-order valence-corrected chi connectivity index (χ1v) is 4.32. The van der Waals surface area contributed by atoms with Gasteiger partial charge in [0.2, 0.25) is 0 Å². The van der Waals surface area contributed by atoms with Crippen LogP contribution in [-0.4, -0.2) is 49.1 Å². The summed E-state index contributed by atoms with van der Waals surface area (Å²) < 4.78 is 0. The Balaban J connectivity index is 1.90. The van der Waals surface area contributed by atoms with Crippen molar-refractivity contribution in [1.82, 2.24) is 9.80 Å². The number of hydrogen-bond acceptors (Lipinski definition) is 2. The van der Waals surface area contributed by atoms with Crippen LogP contribution in [0.1, 0.15) is 0 Å². The summed E-state index contributed by atoms with van der Waals surface area (Å²) in [5.41, 5.74) is 5.18. The molecule has 2 N–H and O–H groups in total. The molecule has 2 unspecified atom stereocenters. The lowest BCUT2D eigenvalue weighted by atomic mass is 10.4. The second-order valence-electron chi connectivity index (χ2n) is 4.03. The molecular weight excluding hydrogens is 154 g/mol. The Morgan fingerprint density at radius 3 is 2.25 bits per heavy atom. The van der Waals surface area contributed by atoms with Crippen LogP contribution < -0.4 is 5.73 Å². The van der Waals surface area contributed by atoms with Gasteiger partial charge in [0.15, 0.2) is 0 Å². The number of primary amides is 1. The fourth-order valence-corrected chi connectivity index (χ4v) is 2.44. The molecule has 1 aliphatic heterocycles. The number of rotatable bonds is 1. The monoisotopic (exact) mass is 169 g/mol. The zero-order valence-corrected chi connectivity index (χ0v) is 7.53. The maximum absolute atomic E-state index is 10.8. The molecule has 1 heterocycles. The van der Waals surface area contributed by atoms with Crippen LogP contribution in [-0.2, 0) is 0 Å². The normalized spacial score (nSPS) is 38.6. The van der Waals surface area contributed by atoms with E-state index in [1.54, 1.807) is 4.90 Å². The fraction of sp³-hybridized carbons (Fsp3) is 0.875. The van der Waals surface area contributed by atoms with E-state index in [0.717, 1.165) is 13.1 Å². The maximum Gasteiger partial charge on any atom is 0.314 e. The Hall–Kier alpha value is -0.770. The average Bonchev–Trinajstić information content (AvgIpc) is 2.48. The van der Waals surface area contributed by atoms with Gasteiger partial charge in [-0.25, -0.2) is 4.79 Å². The van der Waals surface area contributed by atoms with E-state index in [4.69, 9.17) is 5.73 Å². The maximum atomic E-state index is 10.8. The lowest BCUT2D eigenvalue weighted by molar-refractivity contribution is 0.205. The van der Waals surface area contributed by atoms with Crippen LogP contribution in [0.5, 0.6) is 0 Å². The molecule has 4 heteroatoms. The summed E-state index contributed by atoms with van der Waals surface area (Å²) in [6, 6.07) is 0.431. The first-order chi connectivity index (χ1) is 5.61. The van der Waals surface area contributed by atoms with Crippen molar-refractivity contribution in [3.63, 3.8) is 0 Å². The largest absolute Gasteiger partial charge is 0.351 e. The van der Waals surface area contributed by atoms with E-state index in [1.165, 1.54) is 0 Å². The van der Waals surface area contributed by atoms with E-state index in [9.17, 15) is 4.79 Å². The zero-order valence-electron chi connectivity index (χ0n) is 7.53. The zero-order chi connectivity index (χ0) is 8.88. The van der Waals surface area contributed by atoms with Crippen LogP contribution in [0.3, 0.4) is 0 Å². The Morgan fingerprint density at radius 2 is 1.92 bits per heavy atom. The van der Waals surface area contributed by atoms with Crippen LogP contribution >= 0.6 is 0 Å². The first kappa shape index (κ1) is 7.86. The second kappa shape index (κ2) is 2.36. The minimum Gasteiger partial charge on any atom is -0.351 e. The van der Waals surface area contributed by atoms with Gasteiger partial charge in [-0.3, -0.25) is 0 Å². The predicted molar refractivity (Wildman–Crippen MR) is 45.6 cm³/mol. The Kier molecular flexibility index (Phi) is 1.54. The Morgan fingerprint density at radius 1 is 1.42 bits per heavy atom. The van der Waals surface area contributed by atoms with Crippen LogP contribution in [0.25, 0.3) is 0 Å². The van der Waals surface area contributed by atoms with Crippen LogP contribution in [0.15, 0.2) is 0 Å². The van der Waals surface area contributed by atoms with E-state index < -0.39 is 0 Å². The Labute approximate surface area is 72.3 Å². The van der Waals surface area contributed by atoms with Crippen molar-refractivity contribution in [3.05, 3.63) is 0 Å². The van der Waals surface area contributed by atoms with Gasteiger partial charge in [-0.2, -0.15) is 0 Å². The number of nitrogens with two attached hydrogens (primary N) is 1. The number of urea groups is 1. The van der Waals surface area contributed by atoms with Gasteiger partial charge in [-0.05, 0) is 25.9 Å². The molecule has 0 aromatic carbocycles. The number of likely N-dealkylation sites (tertiary alicyclic amines) is 1. The third-order valence-electron chi connectivity index (χ3n) is 3.06. The summed E-state index contributed by atoms with van der Waals surface area (Å²) >= 11 is 0. The molecule has 4 nitrogen and oxygen atoms in total. The van der Waals surface area contributed by atoms with Gasteiger partial charge < -0.3 is 15.5 Å². The highest BCUT2D eigenvalue weighted by molar-refractivity contribution is 5.72. The van der Waals surface area contributed by atoms with Crippen LogP contribution in [0.2, 0.25) is 0 Å². The molecule has 0 aromatic rings. The predicted octanol–water partition coefficient (Wildman–Crippen LogP) is -0.443. The molecule has 0 radical (unpaired) electrons. The molecule has 0 aromatic heterocycles. The third kappa shape index (κ3) is 0.982. The molecule has 68 valence electrons. The fourth-order valence-electron chi connectivity index (χ4n) is 2.44. The highest BCUT2D eigenvalue weighted by atomic mass is 16.2. The summed E-state index contributed by atoms with van der Waals surface area (Å²) in [4.78, 5) is 14.8. The molecule has 2 amide bonds. The number of nitrogens with zero attached hydrogens (tertiary/aromatic N) is 2. The van der Waals surface area contributed by atoms with Gasteiger partial charge in [0, 0.05) is 19.1 Å². The number of amides is 2. The molecule has 1 saturated heterocycles. The standard InChI is InChI=1S/C8H15N3O/c1-10(2)7-5-3-11(8(9)12)4-6(5)7/h5-7H,3-4H2,1-2H3,(H2,9,12). The van der Waals surface area contributed by atoms with Crippen molar-refractivity contribution in [2.45, 2.75) is 6.04 Å². The van der Waals surface area contributed by atoms with Crippen molar-refractivity contribution in [2.24, 2.45) is 17.6 Å². The average molecular weight is 169 g/mol. The topological polar surface area (TPSA) is 49.6 Å². The number of carbonyl (C=O) groups excluding carboxylic acids is 1. The van der Waals surface area contributed by atoms with Crippen LogP contribution in [0, 0.1) is 11.8 Å². The Bertz CT molecular complexity index is 204. The minimum absolute atomic E-state index is 0.264. The molecule has 2 fully saturated rings. The highest BCUT2D eigenvalue weighted by Crippen LogP contribution is 2.47. The van der Waals surface area contributed by atoms with Crippen LogP contribution in [0.4, 0.5) is 4.79 Å². The molecule has 2 aliphatic rings. The van der Waals surface area contributed by atoms with E-state index in [2.05, 4.69) is 19.0 Å². The molecule has 0 bridgehead atoms. The summed E-state index contributed by atoms with van der Waals surface area (Å²) in [5.74, 6) is 1.37. The molecule has 12 heavy (non-hydrogen) atoms. The second-order valence-corrected chi connectivity index (χ2v) is 4.03. The molecule has 2 rings (SSSR count). The number of piperidine rings is 1. The summed E-state index contributed by atoms with van der Waals surface area (Å²) in [6.07, 6.45) is 0. The molecular formula is C8H15N3O. The molecule has 1 aliphatic carbocycles. The van der Waals surface area contributed by atoms with Gasteiger partial charge >= 0.3 is 6.03 Å². The van der Waals surface area contributed by atoms with E-state index in [-0.39, 0.29) is 6.03 Å². The lowest BCUT2D eigenvalue weighted by Gasteiger charge is -2.19. The highest BCUT2D eigenvalue weighted by Gasteiger charge is 2.57. The van der Waals surface area contributed by atoms with Gasteiger partial charge in [-0.1, -0.05) is 0 Å². The van der Waals surface area contributed by atoms with Crippen molar-refractivity contribution < 1.29 is 4.79 Å². The third-order valence-corrected chi connectivity index (χ3v) is 3.06. The van der Waals surface area contributed by atoms with E-state index in [0.29, 0.717) is 17.9 Å². The smallest absolute Gasteiger partial charge is 0.314 e. The number of carbonyl (C=O) groups is 1. The SMILES string of the molecule is CN(C)C1C2CN(C(N)=O)CC21. The summed E-state index contributed by atoms with van der Waals surface area (Å²) in [6.45, 7) is 1.73. The minimum atomic E-state index is -0.264. The quantitative estimate of drug-likeness (QED) is 0.578. The van der Waals surface area contributed by atoms with Gasteiger partial charge in [0.25, 0.3) is 0 Å². The number of fused-ring (bicyclic) bond motifs is 1. The van der Waals surface area contributed by atoms with Crippen molar-refractivity contribution in [2.75, 3.05) is 27.2 Å². The van der Waals surface area contributed by atoms with Crippen molar-refractivity contribution in [3.8, 4) is 0 Å². The molecule has 1 saturated carbocycles. The van der Waals surface area contributed by atoms with E-state index in [1.807, 2.05) is 0 Å². The van der Waals surface area contributed by atoms with Gasteiger partial charge in [0.05, 0.1) is 0 Å². The summed E-state index contributed by atoms with van der Waals surface area (Å²) in [5, 5.41) is 0. The molecule has 2 atom stereocenters. The van der Waals surface area contributed by atoms with E-state index >= 15 is 0 Å². The molecule has 0 spiro atoms.